The van der Waals surface area contributed by atoms with Gasteiger partial charge in [-0.3, -0.25) is 0 Å². The molecular weight excluding hydrogens is 146 g/mol. The standard InChI is InChI=1S/C11H21N/c1-3-6-11(2)9-5-4-8(7-9)10(11)12/h8-10H,3-7,12H2,1-2H3/t8-,9+,10-,11+/m1/s1. The lowest BCUT2D eigenvalue weighted by atomic mass is 9.69. The minimum Gasteiger partial charge on any atom is -0.327 e. The Labute approximate surface area is 75.7 Å². The average Bonchev–Trinajstić information content (AvgIpc) is 2.57. The SMILES string of the molecule is CCC[C@@]1(C)[C@H]2CC[C@H](C2)[C@H]1N. The summed E-state index contributed by atoms with van der Waals surface area (Å²) >= 11 is 0. The number of fused-ring (bicyclic) bond motifs is 2. The fourth-order valence-corrected chi connectivity index (χ4v) is 3.66. The lowest BCUT2D eigenvalue weighted by Crippen LogP contribution is -2.44. The van der Waals surface area contributed by atoms with Crippen LogP contribution in [0, 0.1) is 17.3 Å². The van der Waals surface area contributed by atoms with Crippen molar-refractivity contribution >= 4 is 0 Å². The number of hydrogen-bond acceptors (Lipinski definition) is 1. The van der Waals surface area contributed by atoms with Crippen LogP contribution < -0.4 is 5.73 Å². The topological polar surface area (TPSA) is 26.0 Å². The third-order valence-corrected chi connectivity index (χ3v) is 4.46. The van der Waals surface area contributed by atoms with Gasteiger partial charge in [0, 0.05) is 6.04 Å². The molecule has 2 saturated carbocycles. The Morgan fingerprint density at radius 3 is 2.67 bits per heavy atom. The number of hydrogen-bond donors (Lipinski definition) is 1. The Kier molecular flexibility index (Phi) is 1.95. The zero-order chi connectivity index (χ0) is 8.77. The summed E-state index contributed by atoms with van der Waals surface area (Å²) in [4.78, 5) is 0. The van der Waals surface area contributed by atoms with Crippen LogP contribution in [0.1, 0.15) is 46.0 Å². The molecule has 12 heavy (non-hydrogen) atoms. The summed E-state index contributed by atoms with van der Waals surface area (Å²) in [7, 11) is 0. The van der Waals surface area contributed by atoms with Gasteiger partial charge in [0.05, 0.1) is 0 Å². The Morgan fingerprint density at radius 2 is 2.17 bits per heavy atom. The van der Waals surface area contributed by atoms with Crippen LogP contribution in [-0.2, 0) is 0 Å². The van der Waals surface area contributed by atoms with Crippen LogP contribution in [0.4, 0.5) is 0 Å². The highest BCUT2D eigenvalue weighted by Crippen LogP contribution is 2.56. The monoisotopic (exact) mass is 167 g/mol. The maximum absolute atomic E-state index is 6.28. The second kappa shape index (κ2) is 2.73. The molecule has 2 rings (SSSR count). The van der Waals surface area contributed by atoms with Crippen molar-refractivity contribution < 1.29 is 0 Å². The van der Waals surface area contributed by atoms with E-state index in [-0.39, 0.29) is 0 Å². The van der Waals surface area contributed by atoms with Gasteiger partial charge in [0.1, 0.15) is 0 Å². The van der Waals surface area contributed by atoms with Gasteiger partial charge in [0.15, 0.2) is 0 Å². The fourth-order valence-electron chi connectivity index (χ4n) is 3.66. The summed E-state index contributed by atoms with van der Waals surface area (Å²) in [6, 6.07) is 0.510. The maximum atomic E-state index is 6.28. The van der Waals surface area contributed by atoms with Gasteiger partial charge in [-0.25, -0.2) is 0 Å². The van der Waals surface area contributed by atoms with Crippen molar-refractivity contribution in [1.82, 2.24) is 0 Å². The lowest BCUT2D eigenvalue weighted by Gasteiger charge is -2.39. The molecule has 0 radical (unpaired) electrons. The average molecular weight is 167 g/mol. The zero-order valence-corrected chi connectivity index (χ0v) is 8.34. The highest BCUT2D eigenvalue weighted by Gasteiger charge is 2.52. The molecule has 2 bridgehead atoms. The highest BCUT2D eigenvalue weighted by molar-refractivity contribution is 5.05. The second-order valence-corrected chi connectivity index (χ2v) is 5.05. The third kappa shape index (κ3) is 0.953. The van der Waals surface area contributed by atoms with E-state index in [9.17, 15) is 0 Å². The minimum absolute atomic E-state index is 0.498. The normalized spacial score (nSPS) is 51.8. The molecule has 0 heterocycles. The predicted molar refractivity (Wildman–Crippen MR) is 51.8 cm³/mol. The van der Waals surface area contributed by atoms with Crippen molar-refractivity contribution in [3.05, 3.63) is 0 Å². The van der Waals surface area contributed by atoms with E-state index in [0.29, 0.717) is 11.5 Å². The lowest BCUT2D eigenvalue weighted by molar-refractivity contribution is 0.141. The van der Waals surface area contributed by atoms with Crippen molar-refractivity contribution in [1.29, 1.82) is 0 Å². The van der Waals surface area contributed by atoms with Crippen LogP contribution >= 0.6 is 0 Å². The molecule has 0 aromatic heterocycles. The van der Waals surface area contributed by atoms with Gasteiger partial charge in [0.2, 0.25) is 0 Å². The van der Waals surface area contributed by atoms with Gasteiger partial charge in [0.25, 0.3) is 0 Å². The van der Waals surface area contributed by atoms with E-state index in [1.807, 2.05) is 0 Å². The van der Waals surface area contributed by atoms with Gasteiger partial charge >= 0.3 is 0 Å². The molecular formula is C11H21N. The first-order valence-electron chi connectivity index (χ1n) is 5.44. The molecule has 2 fully saturated rings. The molecule has 0 aromatic rings. The van der Waals surface area contributed by atoms with Crippen molar-refractivity contribution in [3.63, 3.8) is 0 Å². The van der Waals surface area contributed by atoms with E-state index in [2.05, 4.69) is 13.8 Å². The molecule has 2 aliphatic carbocycles. The number of nitrogens with two attached hydrogens (primary N) is 1. The molecule has 0 amide bonds. The molecule has 0 saturated heterocycles. The molecule has 4 atom stereocenters. The molecule has 70 valence electrons. The second-order valence-electron chi connectivity index (χ2n) is 5.05. The van der Waals surface area contributed by atoms with Gasteiger partial charge < -0.3 is 5.73 Å². The van der Waals surface area contributed by atoms with E-state index >= 15 is 0 Å². The van der Waals surface area contributed by atoms with Crippen molar-refractivity contribution in [2.75, 3.05) is 0 Å². The summed E-state index contributed by atoms with van der Waals surface area (Å²) < 4.78 is 0. The Balaban J connectivity index is 2.15. The fraction of sp³-hybridized carbons (Fsp3) is 1.00. The van der Waals surface area contributed by atoms with Crippen LogP contribution in [0.3, 0.4) is 0 Å². The van der Waals surface area contributed by atoms with E-state index in [1.165, 1.54) is 32.1 Å². The number of rotatable bonds is 2. The molecule has 1 heteroatoms. The van der Waals surface area contributed by atoms with Gasteiger partial charge in [-0.05, 0) is 42.9 Å². The summed E-state index contributed by atoms with van der Waals surface area (Å²) in [6.07, 6.45) is 6.93. The largest absolute Gasteiger partial charge is 0.327 e. The highest BCUT2D eigenvalue weighted by atomic mass is 14.8. The van der Waals surface area contributed by atoms with Gasteiger partial charge in [-0.1, -0.05) is 20.3 Å². The molecule has 0 aromatic carbocycles. The summed E-state index contributed by atoms with van der Waals surface area (Å²) in [6.45, 7) is 4.70. The Bertz CT molecular complexity index is 174. The van der Waals surface area contributed by atoms with Crippen LogP contribution in [0.15, 0.2) is 0 Å². The quantitative estimate of drug-likeness (QED) is 0.672. The van der Waals surface area contributed by atoms with Crippen molar-refractivity contribution in [2.24, 2.45) is 23.0 Å². The van der Waals surface area contributed by atoms with Gasteiger partial charge in [-0.15, -0.1) is 0 Å². The first kappa shape index (κ1) is 8.55. The molecule has 2 N–H and O–H groups in total. The van der Waals surface area contributed by atoms with E-state index in [0.717, 1.165) is 11.8 Å². The molecule has 0 spiro atoms. The molecule has 0 unspecified atom stereocenters. The zero-order valence-electron chi connectivity index (χ0n) is 8.34. The van der Waals surface area contributed by atoms with Crippen LogP contribution in [0.2, 0.25) is 0 Å². The first-order valence-corrected chi connectivity index (χ1v) is 5.44. The molecule has 0 aliphatic heterocycles. The first-order chi connectivity index (χ1) is 5.68. The van der Waals surface area contributed by atoms with Crippen molar-refractivity contribution in [2.45, 2.75) is 52.0 Å². The van der Waals surface area contributed by atoms with Crippen LogP contribution in [0.5, 0.6) is 0 Å². The summed E-state index contributed by atoms with van der Waals surface area (Å²) in [5, 5.41) is 0. The van der Waals surface area contributed by atoms with E-state index in [1.54, 1.807) is 0 Å². The minimum atomic E-state index is 0.498. The van der Waals surface area contributed by atoms with Crippen LogP contribution in [-0.4, -0.2) is 6.04 Å². The Morgan fingerprint density at radius 1 is 1.42 bits per heavy atom. The van der Waals surface area contributed by atoms with E-state index in [4.69, 9.17) is 5.73 Å². The smallest absolute Gasteiger partial charge is 0.0124 e. The van der Waals surface area contributed by atoms with Crippen LogP contribution in [0.25, 0.3) is 0 Å². The third-order valence-electron chi connectivity index (χ3n) is 4.46. The molecule has 2 aliphatic rings. The summed E-state index contributed by atoms with van der Waals surface area (Å²) in [5.41, 5.74) is 6.78. The predicted octanol–water partition coefficient (Wildman–Crippen LogP) is 2.55. The summed E-state index contributed by atoms with van der Waals surface area (Å²) in [5.74, 6) is 1.82. The van der Waals surface area contributed by atoms with Crippen molar-refractivity contribution in [3.8, 4) is 0 Å². The Hall–Kier alpha value is -0.0400. The maximum Gasteiger partial charge on any atom is 0.0124 e. The van der Waals surface area contributed by atoms with Gasteiger partial charge in [-0.2, -0.15) is 0 Å². The van der Waals surface area contributed by atoms with E-state index < -0.39 is 0 Å². The molecule has 1 nitrogen and oxygen atoms in total.